The molecule has 4 aromatic heterocycles. The maximum atomic E-state index is 14.4. The first-order valence-corrected chi connectivity index (χ1v) is 45.3. The summed E-state index contributed by atoms with van der Waals surface area (Å²) in [4.78, 5) is 131. The van der Waals surface area contributed by atoms with Gasteiger partial charge in [-0.25, -0.2) is 19.0 Å². The number of para-hydroxylation sites is 2. The van der Waals surface area contributed by atoms with E-state index in [-0.39, 0.29) is 72.2 Å². The molecule has 0 spiro atoms. The fourth-order valence-electron chi connectivity index (χ4n) is 19.1. The van der Waals surface area contributed by atoms with E-state index in [9.17, 15) is 38.4 Å². The van der Waals surface area contributed by atoms with Crippen molar-refractivity contribution in [3.05, 3.63) is 151 Å². The Balaban J connectivity index is 0.000000207. The Morgan fingerprint density at radius 3 is 1.33 bits per heavy atom. The van der Waals surface area contributed by atoms with E-state index in [1.54, 1.807) is 25.4 Å². The number of esters is 2. The number of nitrogens with zero attached hydrogens (tertiary/aromatic N) is 12. The van der Waals surface area contributed by atoms with Crippen LogP contribution in [-0.4, -0.2) is 248 Å². The van der Waals surface area contributed by atoms with Gasteiger partial charge >= 0.3 is 24.0 Å². The fraction of sp³-hybridized carbons (Fsp3) is 0.596. The van der Waals surface area contributed by atoms with Crippen molar-refractivity contribution in [1.29, 1.82) is 0 Å². The number of unbranched alkanes of at least 4 members (excludes halogenated alkanes) is 12. The van der Waals surface area contributed by atoms with Gasteiger partial charge in [0.2, 0.25) is 11.8 Å². The molecule has 4 N–H and O–H groups in total. The number of hydrogen-bond donors (Lipinski definition) is 4. The summed E-state index contributed by atoms with van der Waals surface area (Å²) in [5.74, 6) is -0.459. The summed E-state index contributed by atoms with van der Waals surface area (Å²) in [5, 5.41) is 19.4. The molecule has 4 aromatic carbocycles. The number of pyridine rings is 2. The van der Waals surface area contributed by atoms with Crippen LogP contribution >= 0.6 is 0 Å². The van der Waals surface area contributed by atoms with Crippen LogP contribution in [-0.2, 0) is 55.0 Å². The van der Waals surface area contributed by atoms with Crippen molar-refractivity contribution in [2.75, 3.05) is 119 Å². The van der Waals surface area contributed by atoms with Crippen LogP contribution in [0.1, 0.15) is 213 Å². The molecule has 8 aromatic rings. The van der Waals surface area contributed by atoms with Crippen molar-refractivity contribution in [3.63, 3.8) is 0 Å². The molecule has 6 fully saturated rings. The molecule has 0 aliphatic carbocycles. The minimum absolute atomic E-state index is 0.0462. The second kappa shape index (κ2) is 43.3. The molecule has 0 bridgehead atoms. The highest BCUT2D eigenvalue weighted by Gasteiger charge is 2.37. The van der Waals surface area contributed by atoms with Crippen LogP contribution in [0.5, 0.6) is 0 Å². The molecule has 14 rings (SSSR count). The predicted molar refractivity (Wildman–Crippen MR) is 472 cm³/mol. The molecule has 0 saturated carbocycles. The lowest BCUT2D eigenvalue weighted by molar-refractivity contribution is -0.148. The van der Waals surface area contributed by atoms with Gasteiger partial charge in [-0.15, -0.1) is 0 Å². The first kappa shape index (κ1) is 88.3. The Morgan fingerprint density at radius 1 is 0.458 bits per heavy atom. The molecule has 6 saturated heterocycles. The van der Waals surface area contributed by atoms with Crippen molar-refractivity contribution >= 4 is 79.4 Å². The van der Waals surface area contributed by atoms with Crippen molar-refractivity contribution in [1.82, 2.24) is 79.4 Å². The monoisotopic (exact) mass is 1650 g/mol. The molecule has 648 valence electrons. The van der Waals surface area contributed by atoms with E-state index in [2.05, 4.69) is 79.3 Å². The Kier molecular flexibility index (Phi) is 31.9. The third kappa shape index (κ3) is 23.8. The maximum Gasteiger partial charge on any atom is 0.318 e. The number of carbonyl (C=O) groups is 6. The van der Waals surface area contributed by atoms with Gasteiger partial charge in [0, 0.05) is 155 Å². The number of urea groups is 2. The van der Waals surface area contributed by atoms with Gasteiger partial charge in [0.05, 0.1) is 17.2 Å². The van der Waals surface area contributed by atoms with Gasteiger partial charge in [0.1, 0.15) is 12.1 Å². The SMILES string of the molecule is CCCCCCCCCC(=O)OCn1cc2cc(C[C@@H](NC(=O)N3CCC(c4cc5ccccc5[nH]c4=O)CC3)C(=O)N3CCN(C4CCN(C)CC4)CC3)cc(C)c2n1.CCCCCCCCCC(=O)OCn1ncc2cc(C[C@@H](NC(=O)N3CCC(c4cc5ccccc5[nH]c4=O)CC3)C(=O)N3CCN(C4CCN(C)CC4)CC3)cc(C)c21. The number of piperazine rings is 2. The smallest absolute Gasteiger partial charge is 0.318 e. The summed E-state index contributed by atoms with van der Waals surface area (Å²) >= 11 is 0. The zero-order chi connectivity index (χ0) is 84.0. The van der Waals surface area contributed by atoms with Crippen LogP contribution in [0.3, 0.4) is 0 Å². The number of amides is 6. The number of hydrogen-bond acceptors (Lipinski definition) is 16. The molecule has 6 amide bonds. The van der Waals surface area contributed by atoms with Crippen LogP contribution in [0.2, 0.25) is 0 Å². The highest BCUT2D eigenvalue weighted by atomic mass is 16.5. The average Bonchev–Trinajstić information content (AvgIpc) is 1.64. The minimum atomic E-state index is -0.757. The van der Waals surface area contributed by atoms with Crippen molar-refractivity contribution < 1.29 is 38.2 Å². The van der Waals surface area contributed by atoms with Crippen molar-refractivity contribution in [2.24, 2.45) is 0 Å². The number of aromatic nitrogens is 6. The quantitative estimate of drug-likeness (QED) is 0.0225. The maximum absolute atomic E-state index is 14.4. The van der Waals surface area contributed by atoms with Gasteiger partial charge in [-0.05, 0) is 200 Å². The fourth-order valence-corrected chi connectivity index (χ4v) is 19.1. The second-order valence-corrected chi connectivity index (χ2v) is 35.1. The van der Waals surface area contributed by atoms with E-state index < -0.39 is 12.1 Å². The highest BCUT2D eigenvalue weighted by Crippen LogP contribution is 2.32. The van der Waals surface area contributed by atoms with Crippen LogP contribution < -0.4 is 21.8 Å². The van der Waals surface area contributed by atoms with E-state index in [1.165, 1.54) is 51.4 Å². The summed E-state index contributed by atoms with van der Waals surface area (Å²) in [6.45, 7) is 20.7. The number of aromatic amines is 2. The molecule has 120 heavy (non-hydrogen) atoms. The average molecular weight is 1650 g/mol. The van der Waals surface area contributed by atoms with Crippen LogP contribution in [0.15, 0.2) is 107 Å². The molecule has 6 aliphatic rings. The normalized spacial score (nSPS) is 18.0. The number of rotatable bonds is 32. The van der Waals surface area contributed by atoms with Crippen LogP contribution in [0.4, 0.5) is 9.59 Å². The Labute approximate surface area is 707 Å². The lowest BCUT2D eigenvalue weighted by Crippen LogP contribution is -2.59. The summed E-state index contributed by atoms with van der Waals surface area (Å²) in [6, 6.07) is 26.8. The van der Waals surface area contributed by atoms with E-state index in [0.717, 1.165) is 194 Å². The largest absolute Gasteiger partial charge is 0.442 e. The zero-order valence-electron chi connectivity index (χ0n) is 72.3. The molecule has 0 unspecified atom stereocenters. The molecule has 6 aliphatic heterocycles. The molecule has 26 heteroatoms. The van der Waals surface area contributed by atoms with Gasteiger partial charge in [-0.2, -0.15) is 10.2 Å². The van der Waals surface area contributed by atoms with Crippen molar-refractivity contribution in [3.8, 4) is 0 Å². The van der Waals surface area contributed by atoms with Crippen LogP contribution in [0.25, 0.3) is 43.6 Å². The number of H-pyrrole nitrogens is 2. The number of carbonyl (C=O) groups excluding carboxylic acids is 6. The lowest BCUT2D eigenvalue weighted by atomic mass is 9.89. The van der Waals surface area contributed by atoms with Gasteiger partial charge in [-0.3, -0.25) is 38.6 Å². The second-order valence-electron chi connectivity index (χ2n) is 35.1. The number of likely N-dealkylation sites (tertiary alicyclic amines) is 4. The number of benzene rings is 4. The summed E-state index contributed by atoms with van der Waals surface area (Å²) in [6.07, 6.45) is 28.4. The van der Waals surface area contributed by atoms with E-state index in [1.807, 2.05) is 109 Å². The Hall–Kier alpha value is -9.50. The summed E-state index contributed by atoms with van der Waals surface area (Å²) in [5.41, 5.74) is 8.46. The zero-order valence-corrected chi connectivity index (χ0v) is 72.3. The lowest BCUT2D eigenvalue weighted by Gasteiger charge is -2.43. The Morgan fingerprint density at radius 2 is 0.875 bits per heavy atom. The molecule has 26 nitrogen and oxygen atoms in total. The standard InChI is InChI=1S/2C47H66N8O5/c1-4-5-6-7-8-9-10-15-43(56)60-33-55-32-38-29-35(28-34(2)44(38)50-55)30-42(46(58)53-26-24-52(25-27-53)39-18-20-51(3)21-19-39)49-47(59)54-22-16-36(17-23-54)40-31-37-13-11-12-14-41(37)48-45(40)57;1-4-5-6-7-8-9-10-15-43(56)60-33-55-44-34(2)28-35(29-38(44)32-48-55)30-42(46(58)53-26-24-52(25-27-53)39-18-20-51(3)21-19-39)50-47(59)54-22-16-36(17-23-54)40-31-37-13-11-12-14-41(37)49-45(40)57/h11-14,28-29,31-32,36,39,42H,4-10,15-27,30,33H2,1-3H3,(H,48,57)(H,49,59);11-14,28-29,31-32,36,39,42H,4-10,15-27,30,33H2,1-3H3,(H,49,57)(H,50,59)/t2*42-/m11/s1. The number of ether oxygens (including phenoxy) is 2. The van der Waals surface area contributed by atoms with E-state index >= 15 is 0 Å². The van der Waals surface area contributed by atoms with Crippen LogP contribution in [0, 0.1) is 13.8 Å². The third-order valence-electron chi connectivity index (χ3n) is 26.3. The predicted octanol–water partition coefficient (Wildman–Crippen LogP) is 13.1. The molecular weight excluding hydrogens is 1510 g/mol. The molecule has 2 atom stereocenters. The first-order valence-electron chi connectivity index (χ1n) is 45.3. The number of nitrogens with one attached hydrogen (secondary N) is 4. The molecule has 0 radical (unpaired) electrons. The van der Waals surface area contributed by atoms with Gasteiger partial charge in [-0.1, -0.05) is 139 Å². The number of piperidine rings is 4. The number of aryl methyl sites for hydroxylation is 2. The van der Waals surface area contributed by atoms with E-state index in [4.69, 9.17) is 14.6 Å². The van der Waals surface area contributed by atoms with Crippen molar-refractivity contribution in [2.45, 2.75) is 244 Å². The topological polar surface area (TPSA) is 272 Å². The summed E-state index contributed by atoms with van der Waals surface area (Å²) in [7, 11) is 4.35. The molecule has 10 heterocycles. The minimum Gasteiger partial charge on any atom is -0.442 e. The Bertz CT molecular complexity index is 4660. The molecular formula is C94H132N16O10. The van der Waals surface area contributed by atoms with E-state index in [0.29, 0.717) is 116 Å². The summed E-state index contributed by atoms with van der Waals surface area (Å²) < 4.78 is 14.6. The number of fused-ring (bicyclic) bond motifs is 4. The van der Waals surface area contributed by atoms with Gasteiger partial charge in [0.15, 0.2) is 13.5 Å². The van der Waals surface area contributed by atoms with Gasteiger partial charge in [0.25, 0.3) is 11.1 Å². The first-order chi connectivity index (χ1) is 58.3. The third-order valence-corrected chi connectivity index (χ3v) is 26.3. The highest BCUT2D eigenvalue weighted by molar-refractivity contribution is 5.90. The van der Waals surface area contributed by atoms with Gasteiger partial charge < -0.3 is 59.5 Å².